The average Bonchev–Trinajstić information content (AvgIpc) is 3.76. The molecule has 3 heteroatoms. The van der Waals surface area contributed by atoms with E-state index in [2.05, 4.69) is 131 Å². The zero-order chi connectivity index (χ0) is 29.5. The summed E-state index contributed by atoms with van der Waals surface area (Å²) in [5, 5.41) is 2.88. The molecule has 10 rings (SSSR count). The van der Waals surface area contributed by atoms with E-state index in [9.17, 15) is 0 Å². The first kappa shape index (κ1) is 25.7. The third-order valence-corrected chi connectivity index (χ3v) is 12.0. The molecule has 0 saturated carbocycles. The van der Waals surface area contributed by atoms with Crippen LogP contribution < -0.4 is 4.90 Å². The Hall–Kier alpha value is -4.60. The number of anilines is 2. The third kappa shape index (κ3) is 3.80. The van der Waals surface area contributed by atoms with E-state index in [1.807, 2.05) is 11.3 Å². The van der Waals surface area contributed by atoms with Gasteiger partial charge < -0.3 is 9.47 Å². The zero-order valence-corrected chi connectivity index (χ0v) is 26.1. The predicted octanol–water partition coefficient (Wildman–Crippen LogP) is 11.3. The molecule has 2 atom stereocenters. The second-order valence-corrected chi connectivity index (χ2v) is 14.1. The number of hydrogen-bond acceptors (Lipinski definition) is 2. The lowest BCUT2D eigenvalue weighted by Gasteiger charge is -2.26. The standard InChI is InChI=1S/C42H34N2S/c1-2-11-29(12-3-1)43-36-17-7-4-13-30(36)34-25-27(21-23-38(34)43)28-22-24-39-35(26-28)31-14-5-8-18-37(31)44(39)40-19-10-16-33-32-15-6-9-20-41(32)45-42(33)40/h1-4,6-7,9-13,15-17,20-24,26,34,40H,5,8,14,18-19,25H2. The topological polar surface area (TPSA) is 8.17 Å². The highest BCUT2D eigenvalue weighted by molar-refractivity contribution is 7.19. The number of thiophene rings is 1. The molecule has 2 unspecified atom stereocenters. The highest BCUT2D eigenvalue weighted by Crippen LogP contribution is 2.53. The number of fused-ring (bicyclic) bond motifs is 9. The van der Waals surface area contributed by atoms with Crippen LogP contribution >= 0.6 is 11.3 Å². The van der Waals surface area contributed by atoms with Crippen molar-refractivity contribution in [2.45, 2.75) is 50.5 Å². The van der Waals surface area contributed by atoms with Gasteiger partial charge in [0, 0.05) is 54.5 Å². The number of aryl methyl sites for hydroxylation is 1. The Labute approximate surface area is 268 Å². The van der Waals surface area contributed by atoms with Crippen LogP contribution in [0.5, 0.6) is 0 Å². The Kier molecular flexibility index (Phi) is 5.68. The summed E-state index contributed by atoms with van der Waals surface area (Å²) in [5.41, 5.74) is 14.2. The number of benzene rings is 4. The Morgan fingerprint density at radius 3 is 2.56 bits per heavy atom. The number of aromatic nitrogens is 1. The number of rotatable bonds is 3. The maximum atomic E-state index is 2.75. The Bertz CT molecular complexity index is 2240. The quantitative estimate of drug-likeness (QED) is 0.197. The molecule has 0 radical (unpaired) electrons. The largest absolute Gasteiger partial charge is 0.336 e. The van der Waals surface area contributed by atoms with Gasteiger partial charge in [-0.3, -0.25) is 0 Å². The van der Waals surface area contributed by atoms with Gasteiger partial charge in [0.05, 0.1) is 6.04 Å². The van der Waals surface area contributed by atoms with E-state index in [-0.39, 0.29) is 0 Å². The molecule has 45 heavy (non-hydrogen) atoms. The van der Waals surface area contributed by atoms with Gasteiger partial charge in [0.2, 0.25) is 0 Å². The monoisotopic (exact) mass is 598 g/mol. The van der Waals surface area contributed by atoms with Crippen LogP contribution in [0.15, 0.2) is 121 Å². The van der Waals surface area contributed by atoms with Crippen molar-refractivity contribution in [1.82, 2.24) is 4.57 Å². The van der Waals surface area contributed by atoms with Gasteiger partial charge in [-0.2, -0.15) is 0 Å². The molecule has 0 bridgehead atoms. The summed E-state index contributed by atoms with van der Waals surface area (Å²) in [7, 11) is 0. The molecular weight excluding hydrogens is 565 g/mol. The van der Waals surface area contributed by atoms with Gasteiger partial charge >= 0.3 is 0 Å². The molecule has 0 saturated heterocycles. The van der Waals surface area contributed by atoms with Crippen molar-refractivity contribution in [3.8, 4) is 0 Å². The molecule has 4 aliphatic rings. The fourth-order valence-corrected chi connectivity index (χ4v) is 9.98. The summed E-state index contributed by atoms with van der Waals surface area (Å²) >= 11 is 2.00. The molecule has 1 aliphatic heterocycles. The van der Waals surface area contributed by atoms with Crippen molar-refractivity contribution in [3.63, 3.8) is 0 Å². The minimum Gasteiger partial charge on any atom is -0.336 e. The molecule has 3 heterocycles. The van der Waals surface area contributed by atoms with E-state index in [1.54, 1.807) is 11.3 Å². The summed E-state index contributed by atoms with van der Waals surface area (Å²) < 4.78 is 4.16. The van der Waals surface area contributed by atoms with E-state index in [1.165, 1.54) is 90.9 Å². The first-order valence-electron chi connectivity index (χ1n) is 16.5. The maximum absolute atomic E-state index is 2.75. The van der Waals surface area contributed by atoms with Gasteiger partial charge in [-0.1, -0.05) is 78.9 Å². The molecule has 4 aromatic carbocycles. The van der Waals surface area contributed by atoms with Gasteiger partial charge in [0.15, 0.2) is 0 Å². The second kappa shape index (κ2) is 9.95. The van der Waals surface area contributed by atoms with E-state index >= 15 is 0 Å². The smallest absolute Gasteiger partial charge is 0.0722 e. The van der Waals surface area contributed by atoms with Gasteiger partial charge in [-0.15, -0.1) is 11.3 Å². The minimum absolute atomic E-state index is 0.371. The van der Waals surface area contributed by atoms with E-state index in [0.717, 1.165) is 12.8 Å². The van der Waals surface area contributed by atoms with Crippen LogP contribution in [0, 0.1) is 0 Å². The second-order valence-electron chi connectivity index (χ2n) is 13.0. The Morgan fingerprint density at radius 1 is 0.756 bits per heavy atom. The van der Waals surface area contributed by atoms with Crippen molar-refractivity contribution in [2.75, 3.05) is 4.90 Å². The van der Waals surface area contributed by atoms with Crippen molar-refractivity contribution in [2.24, 2.45) is 0 Å². The first-order valence-corrected chi connectivity index (χ1v) is 17.3. The van der Waals surface area contributed by atoms with Crippen molar-refractivity contribution < 1.29 is 0 Å². The lowest BCUT2D eigenvalue weighted by molar-refractivity contribution is 0.561. The fraction of sp³-hybridized carbons (Fsp3) is 0.190. The summed E-state index contributed by atoms with van der Waals surface area (Å²) in [4.78, 5) is 4.00. The molecule has 0 N–H and O–H groups in total. The number of hydrogen-bond donors (Lipinski definition) is 0. The van der Waals surface area contributed by atoms with Crippen LogP contribution in [-0.4, -0.2) is 4.57 Å². The molecule has 2 aromatic heterocycles. The summed E-state index contributed by atoms with van der Waals surface area (Å²) in [6.45, 7) is 0. The number of nitrogens with zero attached hydrogens (tertiary/aromatic N) is 2. The van der Waals surface area contributed by atoms with Crippen LogP contribution in [0.25, 0.3) is 32.6 Å². The van der Waals surface area contributed by atoms with Crippen LogP contribution in [0.4, 0.5) is 11.4 Å². The molecular formula is C42H34N2S. The molecule has 0 fully saturated rings. The Balaban J connectivity index is 1.09. The predicted molar refractivity (Wildman–Crippen MR) is 191 cm³/mol. The minimum atomic E-state index is 0.371. The molecule has 3 aliphatic carbocycles. The molecule has 0 spiro atoms. The summed E-state index contributed by atoms with van der Waals surface area (Å²) in [5.74, 6) is 0.371. The highest BCUT2D eigenvalue weighted by Gasteiger charge is 2.36. The molecule has 218 valence electrons. The number of allylic oxidation sites excluding steroid dienone is 5. The zero-order valence-electron chi connectivity index (χ0n) is 25.2. The third-order valence-electron chi connectivity index (χ3n) is 10.7. The van der Waals surface area contributed by atoms with E-state index in [4.69, 9.17) is 0 Å². The molecule has 6 aromatic rings. The van der Waals surface area contributed by atoms with Gasteiger partial charge in [-0.25, -0.2) is 0 Å². The normalized spacial score (nSPS) is 20.0. The molecule has 0 amide bonds. The van der Waals surface area contributed by atoms with Gasteiger partial charge in [0.25, 0.3) is 0 Å². The highest BCUT2D eigenvalue weighted by atomic mass is 32.1. The van der Waals surface area contributed by atoms with Gasteiger partial charge in [-0.05, 0) is 109 Å². The van der Waals surface area contributed by atoms with Gasteiger partial charge in [0.1, 0.15) is 0 Å². The average molecular weight is 599 g/mol. The van der Waals surface area contributed by atoms with Crippen LogP contribution in [0.2, 0.25) is 0 Å². The lowest BCUT2D eigenvalue weighted by Crippen LogP contribution is -2.16. The van der Waals surface area contributed by atoms with Crippen molar-refractivity contribution >= 4 is 55.3 Å². The lowest BCUT2D eigenvalue weighted by atomic mass is 9.84. The van der Waals surface area contributed by atoms with Crippen LogP contribution in [0.1, 0.15) is 70.5 Å². The SMILES string of the molecule is C1=Cc2c(sc3ccccc23)C(n2c3c(c4cc(C5=CC=C6C(C5)c5ccccc5N6c5ccccc5)ccc42)CCCC3)C1. The molecule has 2 nitrogen and oxygen atoms in total. The van der Waals surface area contributed by atoms with E-state index < -0.39 is 0 Å². The van der Waals surface area contributed by atoms with Crippen molar-refractivity contribution in [1.29, 1.82) is 0 Å². The first-order chi connectivity index (χ1) is 22.3. The van der Waals surface area contributed by atoms with E-state index in [0.29, 0.717) is 12.0 Å². The Morgan fingerprint density at radius 2 is 1.60 bits per heavy atom. The van der Waals surface area contributed by atoms with Crippen LogP contribution in [-0.2, 0) is 12.8 Å². The van der Waals surface area contributed by atoms with Crippen molar-refractivity contribution in [3.05, 3.63) is 154 Å². The fourth-order valence-electron chi connectivity index (χ4n) is 8.68. The maximum Gasteiger partial charge on any atom is 0.0722 e. The number of para-hydroxylation sites is 2. The summed E-state index contributed by atoms with van der Waals surface area (Å²) in [6, 6.07) is 36.6. The summed E-state index contributed by atoms with van der Waals surface area (Å²) in [6.07, 6.45) is 16.6. The van der Waals surface area contributed by atoms with Crippen LogP contribution in [0.3, 0.4) is 0 Å².